The Morgan fingerprint density at radius 3 is 2.79 bits per heavy atom. The van der Waals surface area contributed by atoms with Gasteiger partial charge in [-0.1, -0.05) is 12.1 Å². The molecule has 8 heteroatoms. The van der Waals surface area contributed by atoms with Gasteiger partial charge in [0.05, 0.1) is 34.9 Å². The molecule has 0 spiro atoms. The largest absolute Gasteiger partial charge is 0.348 e. The summed E-state index contributed by atoms with van der Waals surface area (Å²) in [6, 6.07) is 4.69. The number of rotatable bonds is 5. The zero-order valence-electron chi connectivity index (χ0n) is 16.1. The molecule has 4 rings (SSSR count). The average Bonchev–Trinajstić information content (AvgIpc) is 3.41. The van der Waals surface area contributed by atoms with E-state index in [2.05, 4.69) is 15.5 Å². The molecule has 1 saturated carbocycles. The van der Waals surface area contributed by atoms with Crippen molar-refractivity contribution < 1.29 is 9.18 Å². The number of amides is 1. The molecule has 1 N–H and O–H groups in total. The molecule has 1 unspecified atom stereocenters. The summed E-state index contributed by atoms with van der Waals surface area (Å²) >= 11 is 0. The van der Waals surface area contributed by atoms with Gasteiger partial charge in [-0.2, -0.15) is 10.2 Å². The molecule has 1 atom stereocenters. The minimum atomic E-state index is -0.521. The lowest BCUT2D eigenvalue weighted by atomic mass is 10.1. The third-order valence-electron chi connectivity index (χ3n) is 5.08. The first kappa shape index (κ1) is 18.3. The van der Waals surface area contributed by atoms with Crippen molar-refractivity contribution in [2.45, 2.75) is 52.2 Å². The van der Waals surface area contributed by atoms with Crippen molar-refractivity contribution in [3.8, 4) is 0 Å². The molecule has 7 nitrogen and oxygen atoms in total. The number of nitrogens with one attached hydrogen (secondary N) is 1. The molecule has 1 fully saturated rings. The Balaban J connectivity index is 1.54. The maximum atomic E-state index is 14.1. The maximum absolute atomic E-state index is 14.1. The first-order chi connectivity index (χ1) is 13.3. The monoisotopic (exact) mass is 383 g/mol. The zero-order chi connectivity index (χ0) is 20.0. The van der Waals surface area contributed by atoms with Crippen LogP contribution in [0, 0.1) is 19.7 Å². The van der Waals surface area contributed by atoms with E-state index < -0.39 is 11.9 Å². The third kappa shape index (κ3) is 3.30. The van der Waals surface area contributed by atoms with Gasteiger partial charge in [0.25, 0.3) is 5.56 Å². The van der Waals surface area contributed by atoms with Gasteiger partial charge in [0.1, 0.15) is 12.4 Å². The van der Waals surface area contributed by atoms with Gasteiger partial charge in [0.15, 0.2) is 0 Å². The highest BCUT2D eigenvalue weighted by Gasteiger charge is 2.28. The molecule has 2 aromatic heterocycles. The highest BCUT2D eigenvalue weighted by Crippen LogP contribution is 2.36. The number of halogens is 1. The van der Waals surface area contributed by atoms with E-state index in [0.717, 1.165) is 23.1 Å². The second kappa shape index (κ2) is 6.85. The van der Waals surface area contributed by atoms with Crippen LogP contribution < -0.4 is 10.9 Å². The van der Waals surface area contributed by atoms with Gasteiger partial charge in [0.2, 0.25) is 5.91 Å². The molecular weight excluding hydrogens is 361 g/mol. The van der Waals surface area contributed by atoms with E-state index >= 15 is 0 Å². The Morgan fingerprint density at radius 2 is 2.11 bits per heavy atom. The van der Waals surface area contributed by atoms with Crippen LogP contribution in [-0.2, 0) is 11.3 Å². The van der Waals surface area contributed by atoms with Crippen LogP contribution in [0.5, 0.6) is 0 Å². The van der Waals surface area contributed by atoms with E-state index in [1.165, 1.54) is 6.07 Å². The lowest BCUT2D eigenvalue weighted by Gasteiger charge is -2.15. The quantitative estimate of drug-likeness (QED) is 0.734. The molecule has 2 heterocycles. The highest BCUT2D eigenvalue weighted by molar-refractivity contribution is 5.81. The van der Waals surface area contributed by atoms with Gasteiger partial charge in [-0.05, 0) is 45.2 Å². The molecule has 0 aliphatic heterocycles. The number of fused-ring (bicyclic) bond motifs is 1. The number of hydrogen-bond acceptors (Lipinski definition) is 4. The van der Waals surface area contributed by atoms with Gasteiger partial charge in [-0.25, -0.2) is 9.07 Å². The van der Waals surface area contributed by atoms with Gasteiger partial charge >= 0.3 is 0 Å². The van der Waals surface area contributed by atoms with Crippen LogP contribution >= 0.6 is 0 Å². The predicted octanol–water partition coefficient (Wildman–Crippen LogP) is 2.56. The Hall–Kier alpha value is -3.03. The molecular formula is C20H22FN5O2. The van der Waals surface area contributed by atoms with E-state index in [4.69, 9.17) is 0 Å². The van der Waals surface area contributed by atoms with E-state index in [9.17, 15) is 14.0 Å². The molecule has 28 heavy (non-hydrogen) atoms. The van der Waals surface area contributed by atoms with Crippen LogP contribution in [-0.4, -0.2) is 25.5 Å². The summed E-state index contributed by atoms with van der Waals surface area (Å²) in [5.74, 6) is -0.777. The van der Waals surface area contributed by atoms with Crippen LogP contribution in [0.15, 0.2) is 29.2 Å². The van der Waals surface area contributed by atoms with Gasteiger partial charge < -0.3 is 5.32 Å². The summed E-state index contributed by atoms with van der Waals surface area (Å²) in [6.07, 6.45) is 3.69. The molecule has 3 aromatic rings. The number of carbonyl (C=O) groups is 1. The van der Waals surface area contributed by atoms with Crippen LogP contribution in [0.1, 0.15) is 48.7 Å². The lowest BCUT2D eigenvalue weighted by molar-refractivity contribution is -0.122. The van der Waals surface area contributed by atoms with Crippen molar-refractivity contribution in [3.05, 3.63) is 57.4 Å². The Bertz CT molecular complexity index is 1130. The minimum Gasteiger partial charge on any atom is -0.348 e. The lowest BCUT2D eigenvalue weighted by Crippen LogP contribution is -2.35. The number of carbonyl (C=O) groups excluding carboxylic acids is 1. The van der Waals surface area contributed by atoms with Crippen molar-refractivity contribution in [1.82, 2.24) is 24.9 Å². The van der Waals surface area contributed by atoms with Crippen LogP contribution in [0.3, 0.4) is 0 Å². The summed E-state index contributed by atoms with van der Waals surface area (Å²) in [5, 5.41) is 11.8. The maximum Gasteiger partial charge on any atom is 0.278 e. The molecule has 1 aliphatic rings. The molecule has 0 bridgehead atoms. The summed E-state index contributed by atoms with van der Waals surface area (Å²) in [6.45, 7) is 5.06. The molecule has 0 saturated heterocycles. The average molecular weight is 383 g/mol. The second-order valence-electron chi connectivity index (χ2n) is 7.44. The normalized spacial score (nSPS) is 15.0. The fourth-order valence-electron chi connectivity index (χ4n) is 3.45. The SMILES string of the molecule is Cc1ccc(C(C)NC(=O)Cn2ncc3c(c(C)nn3C3CC3)c2=O)c(F)c1. The first-order valence-electron chi connectivity index (χ1n) is 9.35. The molecule has 1 aliphatic carbocycles. The van der Waals surface area contributed by atoms with E-state index in [0.29, 0.717) is 28.2 Å². The predicted molar refractivity (Wildman–Crippen MR) is 102 cm³/mol. The third-order valence-corrected chi connectivity index (χ3v) is 5.08. The summed E-state index contributed by atoms with van der Waals surface area (Å²) in [4.78, 5) is 25.2. The number of aromatic nitrogens is 4. The summed E-state index contributed by atoms with van der Waals surface area (Å²) in [5.41, 5.74) is 2.21. The number of aryl methyl sites for hydroxylation is 2. The summed E-state index contributed by atoms with van der Waals surface area (Å²) < 4.78 is 17.1. The van der Waals surface area contributed by atoms with Gasteiger partial charge in [0, 0.05) is 5.56 Å². The van der Waals surface area contributed by atoms with Crippen molar-refractivity contribution in [2.24, 2.45) is 0 Å². The molecule has 146 valence electrons. The Kier molecular flexibility index (Phi) is 4.49. The standard InChI is InChI=1S/C20H22FN5O2/c1-11-4-7-15(16(21)8-11)12(2)23-18(27)10-25-20(28)19-13(3)24-26(14-5-6-14)17(19)9-22-25/h4,7-9,12,14H,5-6,10H2,1-3H3,(H,23,27). The van der Waals surface area contributed by atoms with E-state index in [-0.39, 0.29) is 17.9 Å². The van der Waals surface area contributed by atoms with E-state index in [1.807, 2.05) is 4.68 Å². The van der Waals surface area contributed by atoms with Crippen LogP contribution in [0.25, 0.3) is 10.9 Å². The van der Waals surface area contributed by atoms with Crippen molar-refractivity contribution in [2.75, 3.05) is 0 Å². The smallest absolute Gasteiger partial charge is 0.278 e. The number of nitrogens with zero attached hydrogens (tertiary/aromatic N) is 4. The minimum absolute atomic E-state index is 0.235. The van der Waals surface area contributed by atoms with Crippen molar-refractivity contribution >= 4 is 16.8 Å². The second-order valence-corrected chi connectivity index (χ2v) is 7.44. The van der Waals surface area contributed by atoms with Gasteiger partial charge in [-0.3, -0.25) is 14.3 Å². The summed E-state index contributed by atoms with van der Waals surface area (Å²) in [7, 11) is 0. The number of hydrogen-bond donors (Lipinski definition) is 1. The Morgan fingerprint density at radius 1 is 1.36 bits per heavy atom. The van der Waals surface area contributed by atoms with Crippen LogP contribution in [0.4, 0.5) is 4.39 Å². The zero-order valence-corrected chi connectivity index (χ0v) is 16.1. The van der Waals surface area contributed by atoms with Crippen LogP contribution in [0.2, 0.25) is 0 Å². The fraction of sp³-hybridized carbons (Fsp3) is 0.400. The molecule has 0 radical (unpaired) electrons. The molecule has 1 amide bonds. The van der Waals surface area contributed by atoms with Gasteiger partial charge in [-0.15, -0.1) is 0 Å². The Labute approximate surface area is 161 Å². The van der Waals surface area contributed by atoms with E-state index in [1.54, 1.807) is 39.1 Å². The fourth-order valence-corrected chi connectivity index (χ4v) is 3.45. The molecule has 1 aromatic carbocycles. The van der Waals surface area contributed by atoms with Crippen molar-refractivity contribution in [1.29, 1.82) is 0 Å². The first-order valence-corrected chi connectivity index (χ1v) is 9.35. The van der Waals surface area contributed by atoms with Crippen molar-refractivity contribution in [3.63, 3.8) is 0 Å². The topological polar surface area (TPSA) is 81.8 Å². The highest BCUT2D eigenvalue weighted by atomic mass is 19.1. The number of benzene rings is 1.